The Kier molecular flexibility index (Phi) is 2.60. The number of benzene rings is 1. The largest absolute Gasteiger partial charge is 0.373 e. The molecule has 0 amide bonds. The standard InChI is InChI=1S/C14H20N2/c1-15-11-13-7-4-5-9-16(13)10-12-6-2-3-8-14(12)15/h2-3,6,8,13H,4-5,7,9-11H2,1H3/t13-/m1/s1. The molecule has 0 N–H and O–H groups in total. The lowest BCUT2D eigenvalue weighted by atomic mass is 10.0. The van der Waals surface area contributed by atoms with E-state index in [-0.39, 0.29) is 0 Å². The van der Waals surface area contributed by atoms with Crippen LogP contribution in [0.3, 0.4) is 0 Å². The van der Waals surface area contributed by atoms with Crippen LogP contribution in [0.4, 0.5) is 5.69 Å². The van der Waals surface area contributed by atoms with Gasteiger partial charge in [-0.15, -0.1) is 0 Å². The highest BCUT2D eigenvalue weighted by Gasteiger charge is 2.27. The molecule has 86 valence electrons. The molecule has 2 nitrogen and oxygen atoms in total. The lowest BCUT2D eigenvalue weighted by Crippen LogP contribution is -2.43. The van der Waals surface area contributed by atoms with Crippen LogP contribution in [0, 0.1) is 0 Å². The number of anilines is 1. The van der Waals surface area contributed by atoms with Gasteiger partial charge in [-0.25, -0.2) is 0 Å². The van der Waals surface area contributed by atoms with Crippen LogP contribution in [0.25, 0.3) is 0 Å². The number of fused-ring (bicyclic) bond motifs is 2. The van der Waals surface area contributed by atoms with Crippen molar-refractivity contribution in [2.45, 2.75) is 31.8 Å². The molecule has 0 bridgehead atoms. The van der Waals surface area contributed by atoms with Crippen molar-refractivity contribution in [3.63, 3.8) is 0 Å². The summed E-state index contributed by atoms with van der Waals surface area (Å²) >= 11 is 0. The van der Waals surface area contributed by atoms with E-state index in [2.05, 4.69) is 41.1 Å². The van der Waals surface area contributed by atoms with Crippen molar-refractivity contribution in [3.8, 4) is 0 Å². The molecular formula is C14H20N2. The van der Waals surface area contributed by atoms with Crippen LogP contribution < -0.4 is 4.90 Å². The van der Waals surface area contributed by atoms with Crippen molar-refractivity contribution in [1.29, 1.82) is 0 Å². The second-order valence-electron chi connectivity index (χ2n) is 5.13. The maximum Gasteiger partial charge on any atom is 0.0409 e. The summed E-state index contributed by atoms with van der Waals surface area (Å²) in [7, 11) is 2.23. The Morgan fingerprint density at radius 3 is 3.00 bits per heavy atom. The summed E-state index contributed by atoms with van der Waals surface area (Å²) in [6.07, 6.45) is 4.16. The van der Waals surface area contributed by atoms with E-state index >= 15 is 0 Å². The molecule has 0 radical (unpaired) electrons. The fourth-order valence-electron chi connectivity index (χ4n) is 3.13. The van der Waals surface area contributed by atoms with Crippen LogP contribution in [-0.4, -0.2) is 31.1 Å². The Bertz CT molecular complexity index is 375. The summed E-state index contributed by atoms with van der Waals surface area (Å²) in [6.45, 7) is 3.62. The highest BCUT2D eigenvalue weighted by atomic mass is 15.2. The van der Waals surface area contributed by atoms with Crippen molar-refractivity contribution in [3.05, 3.63) is 29.8 Å². The average Bonchev–Trinajstić information content (AvgIpc) is 2.45. The first-order valence-electron chi connectivity index (χ1n) is 6.38. The number of para-hydroxylation sites is 1. The van der Waals surface area contributed by atoms with Crippen LogP contribution in [-0.2, 0) is 6.54 Å². The minimum atomic E-state index is 0.770. The minimum absolute atomic E-state index is 0.770. The van der Waals surface area contributed by atoms with Crippen LogP contribution in [0.1, 0.15) is 24.8 Å². The number of nitrogens with zero attached hydrogens (tertiary/aromatic N) is 2. The Balaban J connectivity index is 1.94. The van der Waals surface area contributed by atoms with E-state index < -0.39 is 0 Å². The van der Waals surface area contributed by atoms with Gasteiger partial charge in [-0.05, 0) is 31.0 Å². The van der Waals surface area contributed by atoms with E-state index in [0.717, 1.165) is 12.6 Å². The van der Waals surface area contributed by atoms with Gasteiger partial charge in [0.2, 0.25) is 0 Å². The van der Waals surface area contributed by atoms with E-state index in [1.54, 1.807) is 0 Å². The summed E-state index contributed by atoms with van der Waals surface area (Å²) in [5.74, 6) is 0. The maximum atomic E-state index is 2.67. The molecule has 0 aromatic heterocycles. The van der Waals surface area contributed by atoms with Gasteiger partial charge in [-0.1, -0.05) is 24.6 Å². The third kappa shape index (κ3) is 1.71. The van der Waals surface area contributed by atoms with Gasteiger partial charge in [0.1, 0.15) is 0 Å². The van der Waals surface area contributed by atoms with Gasteiger partial charge in [-0.2, -0.15) is 0 Å². The number of hydrogen-bond acceptors (Lipinski definition) is 2. The van der Waals surface area contributed by atoms with Crippen molar-refractivity contribution in [1.82, 2.24) is 4.90 Å². The van der Waals surface area contributed by atoms with Gasteiger partial charge in [0, 0.05) is 31.9 Å². The van der Waals surface area contributed by atoms with Crippen LogP contribution in [0.15, 0.2) is 24.3 Å². The Hall–Kier alpha value is -1.02. The average molecular weight is 216 g/mol. The van der Waals surface area contributed by atoms with E-state index in [4.69, 9.17) is 0 Å². The number of rotatable bonds is 0. The molecule has 3 rings (SSSR count). The summed E-state index contributed by atoms with van der Waals surface area (Å²) in [4.78, 5) is 5.11. The number of likely N-dealkylation sites (N-methyl/N-ethyl adjacent to an activating group) is 1. The second-order valence-corrected chi connectivity index (χ2v) is 5.13. The topological polar surface area (TPSA) is 6.48 Å². The maximum absolute atomic E-state index is 2.67. The van der Waals surface area contributed by atoms with E-state index in [1.807, 2.05) is 0 Å². The van der Waals surface area contributed by atoms with Crippen LogP contribution >= 0.6 is 0 Å². The molecule has 0 spiro atoms. The van der Waals surface area contributed by atoms with E-state index in [0.29, 0.717) is 0 Å². The first-order valence-corrected chi connectivity index (χ1v) is 6.38. The Morgan fingerprint density at radius 1 is 1.19 bits per heavy atom. The molecule has 0 aliphatic carbocycles. The molecule has 1 saturated heterocycles. The summed E-state index contributed by atoms with van der Waals surface area (Å²) in [5.41, 5.74) is 2.92. The summed E-state index contributed by atoms with van der Waals surface area (Å²) < 4.78 is 0. The minimum Gasteiger partial charge on any atom is -0.373 e. The van der Waals surface area contributed by atoms with Crippen molar-refractivity contribution in [2.75, 3.05) is 25.0 Å². The molecular weight excluding hydrogens is 196 g/mol. The molecule has 1 aromatic rings. The molecule has 1 aromatic carbocycles. The molecule has 2 aliphatic rings. The van der Waals surface area contributed by atoms with Crippen molar-refractivity contribution in [2.24, 2.45) is 0 Å². The Labute approximate surface area is 97.9 Å². The predicted molar refractivity (Wildman–Crippen MR) is 67.8 cm³/mol. The first kappa shape index (κ1) is 10.2. The molecule has 1 atom stereocenters. The zero-order chi connectivity index (χ0) is 11.0. The van der Waals surface area contributed by atoms with Gasteiger partial charge in [0.15, 0.2) is 0 Å². The van der Waals surface area contributed by atoms with Gasteiger partial charge < -0.3 is 4.90 Å². The normalized spacial score (nSPS) is 25.8. The molecule has 1 fully saturated rings. The second kappa shape index (κ2) is 4.10. The van der Waals surface area contributed by atoms with E-state index in [9.17, 15) is 0 Å². The molecule has 16 heavy (non-hydrogen) atoms. The third-order valence-corrected chi connectivity index (χ3v) is 4.01. The van der Waals surface area contributed by atoms with Crippen LogP contribution in [0.5, 0.6) is 0 Å². The SMILES string of the molecule is CN1C[C@H]2CCCCN2Cc2ccccc21. The van der Waals surface area contributed by atoms with Gasteiger partial charge in [0.25, 0.3) is 0 Å². The van der Waals surface area contributed by atoms with Crippen LogP contribution in [0.2, 0.25) is 0 Å². The van der Waals surface area contributed by atoms with E-state index in [1.165, 1.54) is 43.6 Å². The zero-order valence-electron chi connectivity index (χ0n) is 10.0. The third-order valence-electron chi connectivity index (χ3n) is 4.01. The Morgan fingerprint density at radius 2 is 2.06 bits per heavy atom. The fourth-order valence-corrected chi connectivity index (χ4v) is 3.13. The molecule has 0 unspecified atom stereocenters. The number of hydrogen-bond donors (Lipinski definition) is 0. The lowest BCUT2D eigenvalue weighted by Gasteiger charge is -2.35. The van der Waals surface area contributed by atoms with Crippen molar-refractivity contribution < 1.29 is 0 Å². The van der Waals surface area contributed by atoms with Gasteiger partial charge in [-0.3, -0.25) is 4.90 Å². The number of piperidine rings is 1. The highest BCUT2D eigenvalue weighted by Crippen LogP contribution is 2.29. The van der Waals surface area contributed by atoms with Gasteiger partial charge >= 0.3 is 0 Å². The van der Waals surface area contributed by atoms with Gasteiger partial charge in [0.05, 0.1) is 0 Å². The molecule has 2 heteroatoms. The quantitative estimate of drug-likeness (QED) is 0.657. The summed E-state index contributed by atoms with van der Waals surface area (Å²) in [6, 6.07) is 9.62. The molecule has 0 saturated carbocycles. The zero-order valence-corrected chi connectivity index (χ0v) is 10.0. The lowest BCUT2D eigenvalue weighted by molar-refractivity contribution is 0.148. The highest BCUT2D eigenvalue weighted by molar-refractivity contribution is 5.54. The predicted octanol–water partition coefficient (Wildman–Crippen LogP) is 2.49. The monoisotopic (exact) mass is 216 g/mol. The molecule has 2 aliphatic heterocycles. The smallest absolute Gasteiger partial charge is 0.0409 e. The fraction of sp³-hybridized carbons (Fsp3) is 0.571. The first-order chi connectivity index (χ1) is 7.84. The molecule has 2 heterocycles. The van der Waals surface area contributed by atoms with Crippen molar-refractivity contribution >= 4 is 5.69 Å². The summed E-state index contributed by atoms with van der Waals surface area (Å²) in [5, 5.41) is 0.